The van der Waals surface area contributed by atoms with Gasteiger partial charge in [0.2, 0.25) is 0 Å². The molecule has 0 atom stereocenters. The van der Waals surface area contributed by atoms with Gasteiger partial charge in [-0.2, -0.15) is 0 Å². The number of piperidine rings is 2. The lowest BCUT2D eigenvalue weighted by Gasteiger charge is -2.33. The molecule has 2 aliphatic heterocycles. The third-order valence-corrected chi connectivity index (χ3v) is 8.98. The number of benzene rings is 4. The van der Waals surface area contributed by atoms with E-state index in [1.165, 1.54) is 58.6 Å². The van der Waals surface area contributed by atoms with Gasteiger partial charge < -0.3 is 25.0 Å². The second-order valence-corrected chi connectivity index (χ2v) is 13.2. The number of hydrogen-bond donors (Lipinski definition) is 2. The summed E-state index contributed by atoms with van der Waals surface area (Å²) in [7, 11) is 2.75. The molecule has 6 rings (SSSR count). The highest BCUT2D eigenvalue weighted by Crippen LogP contribution is 2.23. The number of anilines is 2. The van der Waals surface area contributed by atoms with Crippen molar-refractivity contribution in [3.05, 3.63) is 130 Å². The summed E-state index contributed by atoms with van der Waals surface area (Å²) in [6.07, 6.45) is 7.51. The van der Waals surface area contributed by atoms with E-state index in [9.17, 15) is 14.4 Å². The first-order valence-electron chi connectivity index (χ1n) is 18.3. The zero-order valence-electron chi connectivity index (χ0n) is 31.2. The molecule has 9 heteroatoms. The molecule has 52 heavy (non-hydrogen) atoms. The van der Waals surface area contributed by atoms with E-state index in [1.807, 2.05) is 77.4 Å². The predicted octanol–water partition coefficient (Wildman–Crippen LogP) is 8.55. The number of carbonyl (C=O) groups is 3. The summed E-state index contributed by atoms with van der Waals surface area (Å²) in [5.74, 6) is -0.667. The molecule has 2 heterocycles. The minimum Gasteiger partial charge on any atom is -0.465 e. The largest absolute Gasteiger partial charge is 0.465 e. The maximum absolute atomic E-state index is 13.2. The van der Waals surface area contributed by atoms with Gasteiger partial charge in [0.15, 0.2) is 0 Å². The summed E-state index contributed by atoms with van der Waals surface area (Å²) in [5.41, 5.74) is 7.49. The quantitative estimate of drug-likeness (QED) is 0.177. The van der Waals surface area contributed by atoms with Gasteiger partial charge in [-0.3, -0.25) is 4.90 Å². The Morgan fingerprint density at radius 1 is 0.673 bits per heavy atom. The second kappa shape index (κ2) is 21.3. The van der Waals surface area contributed by atoms with Gasteiger partial charge in [0.05, 0.1) is 31.9 Å². The van der Waals surface area contributed by atoms with Crippen molar-refractivity contribution in [2.24, 2.45) is 0 Å². The molecule has 9 nitrogen and oxygen atoms in total. The van der Waals surface area contributed by atoms with Crippen LogP contribution >= 0.6 is 0 Å². The molecule has 0 spiro atoms. The Kier molecular flexibility index (Phi) is 16.2. The lowest BCUT2D eigenvalue weighted by molar-refractivity contribution is 0.0592. The van der Waals surface area contributed by atoms with Crippen LogP contribution in [0.5, 0.6) is 0 Å². The van der Waals surface area contributed by atoms with Crippen LogP contribution in [0.2, 0.25) is 0 Å². The maximum Gasteiger partial charge on any atom is 0.337 e. The van der Waals surface area contributed by atoms with Crippen molar-refractivity contribution in [3.8, 4) is 0 Å². The van der Waals surface area contributed by atoms with Crippen molar-refractivity contribution in [3.63, 3.8) is 0 Å². The first kappa shape index (κ1) is 39.6. The average molecular weight is 707 g/mol. The summed E-state index contributed by atoms with van der Waals surface area (Å²) in [6.45, 7) is 9.39. The Morgan fingerprint density at radius 2 is 1.21 bits per heavy atom. The van der Waals surface area contributed by atoms with Crippen LogP contribution < -0.4 is 15.5 Å². The fourth-order valence-corrected chi connectivity index (χ4v) is 6.01. The molecule has 2 N–H and O–H groups in total. The number of urea groups is 1. The van der Waals surface area contributed by atoms with Crippen molar-refractivity contribution < 1.29 is 23.9 Å². The minimum atomic E-state index is -0.360. The fraction of sp³-hybridized carbons (Fsp3) is 0.372. The van der Waals surface area contributed by atoms with E-state index in [0.29, 0.717) is 17.7 Å². The maximum atomic E-state index is 13.2. The Labute approximate surface area is 309 Å². The predicted molar refractivity (Wildman–Crippen MR) is 209 cm³/mol. The summed E-state index contributed by atoms with van der Waals surface area (Å²) < 4.78 is 9.41. The molecule has 0 bridgehead atoms. The number of nitrogens with one attached hydrogen (secondary N) is 2. The van der Waals surface area contributed by atoms with Gasteiger partial charge in [-0.05, 0) is 130 Å². The lowest BCUT2D eigenvalue weighted by atomic mass is 10.1. The smallest absolute Gasteiger partial charge is 0.337 e. The molecule has 0 saturated carbocycles. The van der Waals surface area contributed by atoms with Gasteiger partial charge in [-0.25, -0.2) is 14.4 Å². The topological polar surface area (TPSA) is 100 Å². The Morgan fingerprint density at radius 3 is 1.71 bits per heavy atom. The Bertz CT molecular complexity index is 1690. The number of aryl methyl sites for hydroxylation is 2. The van der Waals surface area contributed by atoms with Crippen LogP contribution in [0.15, 0.2) is 97.1 Å². The monoisotopic (exact) mass is 706 g/mol. The van der Waals surface area contributed by atoms with E-state index in [1.54, 1.807) is 24.3 Å². The van der Waals surface area contributed by atoms with Crippen LogP contribution in [0.1, 0.15) is 81.5 Å². The highest BCUT2D eigenvalue weighted by Gasteiger charge is 2.24. The standard InChI is InChI=1S/C22H26N2O3.C16H17NO2.C5H11N/c1-17-7-6-8-20(15-17)24(22(26)23-13-4-3-5-14-23)16-18-9-11-19(12-10-18)21(25)27-2;1-12-4-3-5-15(10-12)17-11-13-6-8-14(9-7-13)16(18)19-2;1-2-4-6-5-3-1/h6-12,15H,3-5,13-14,16H2,1-2H3;3-10,17H,11H2,1-2H3;6H,1-5H2. The highest BCUT2D eigenvalue weighted by atomic mass is 16.5. The van der Waals surface area contributed by atoms with Gasteiger partial charge in [0.1, 0.15) is 0 Å². The van der Waals surface area contributed by atoms with Crippen LogP contribution in [0.25, 0.3) is 0 Å². The molecule has 2 aliphatic rings. The van der Waals surface area contributed by atoms with Crippen LogP contribution in [-0.2, 0) is 22.6 Å². The molecule has 4 aromatic rings. The Balaban J connectivity index is 0.000000209. The van der Waals surface area contributed by atoms with Crippen molar-refractivity contribution in [2.45, 2.75) is 65.5 Å². The van der Waals surface area contributed by atoms with Crippen molar-refractivity contribution in [2.75, 3.05) is 50.6 Å². The SMILES string of the molecule is C1CCNCC1.COC(=O)c1ccc(CN(C(=O)N2CCCCC2)c2cccc(C)c2)cc1.COC(=O)c1ccc(CNc2cccc(C)c2)cc1. The van der Waals surface area contributed by atoms with Crippen molar-refractivity contribution in [1.82, 2.24) is 10.2 Å². The van der Waals surface area contributed by atoms with Crippen LogP contribution in [0, 0.1) is 13.8 Å². The van der Waals surface area contributed by atoms with Crippen molar-refractivity contribution in [1.29, 1.82) is 0 Å². The molecule has 0 unspecified atom stereocenters. The van der Waals surface area contributed by atoms with Crippen LogP contribution in [-0.4, -0.2) is 63.3 Å². The number of carbonyl (C=O) groups excluding carboxylic acids is 3. The first-order chi connectivity index (χ1) is 25.3. The fourth-order valence-electron chi connectivity index (χ4n) is 6.01. The number of ether oxygens (including phenoxy) is 2. The number of likely N-dealkylation sites (tertiary alicyclic amines) is 1. The number of methoxy groups -OCH3 is 2. The number of hydrogen-bond acceptors (Lipinski definition) is 7. The average Bonchev–Trinajstić information content (AvgIpc) is 3.20. The van der Waals surface area contributed by atoms with Crippen LogP contribution in [0.4, 0.5) is 16.2 Å². The van der Waals surface area contributed by atoms with Crippen molar-refractivity contribution >= 4 is 29.3 Å². The van der Waals surface area contributed by atoms with Gasteiger partial charge in [-0.1, -0.05) is 55.0 Å². The second-order valence-electron chi connectivity index (χ2n) is 13.2. The Hall–Kier alpha value is -5.15. The molecule has 2 amide bonds. The molecular weight excluding hydrogens is 652 g/mol. The summed E-state index contributed by atoms with van der Waals surface area (Å²) in [5, 5.41) is 6.63. The van der Waals surface area contributed by atoms with E-state index in [4.69, 9.17) is 4.74 Å². The van der Waals surface area contributed by atoms with Gasteiger partial charge in [0, 0.05) is 31.0 Å². The number of rotatable bonds is 8. The highest BCUT2D eigenvalue weighted by molar-refractivity contribution is 5.92. The third kappa shape index (κ3) is 12.9. The lowest BCUT2D eigenvalue weighted by Crippen LogP contribution is -2.45. The number of esters is 2. The molecular formula is C43H54N4O5. The van der Waals surface area contributed by atoms with Gasteiger partial charge >= 0.3 is 18.0 Å². The number of nitrogens with zero attached hydrogens (tertiary/aromatic N) is 2. The summed E-state index contributed by atoms with van der Waals surface area (Å²) >= 11 is 0. The third-order valence-electron chi connectivity index (χ3n) is 8.98. The van der Waals surface area contributed by atoms with Gasteiger partial charge in [0.25, 0.3) is 0 Å². The normalized spacial score (nSPS) is 13.7. The van der Waals surface area contributed by atoms with Gasteiger partial charge in [-0.15, -0.1) is 0 Å². The first-order valence-corrected chi connectivity index (χ1v) is 18.3. The van der Waals surface area contributed by atoms with E-state index in [-0.39, 0.29) is 18.0 Å². The molecule has 0 aliphatic carbocycles. The van der Waals surface area contributed by atoms with E-state index in [0.717, 1.165) is 60.5 Å². The summed E-state index contributed by atoms with van der Waals surface area (Å²) in [4.78, 5) is 39.9. The molecule has 4 aromatic carbocycles. The van der Waals surface area contributed by atoms with E-state index >= 15 is 0 Å². The minimum absolute atomic E-state index is 0.0392. The van der Waals surface area contributed by atoms with Crippen LogP contribution in [0.3, 0.4) is 0 Å². The van der Waals surface area contributed by atoms with E-state index in [2.05, 4.69) is 34.4 Å². The number of amides is 2. The molecule has 0 radical (unpaired) electrons. The van der Waals surface area contributed by atoms with E-state index < -0.39 is 0 Å². The molecule has 276 valence electrons. The zero-order chi connectivity index (χ0) is 37.1. The summed E-state index contributed by atoms with van der Waals surface area (Å²) in [6, 6.07) is 30.9. The zero-order valence-corrected chi connectivity index (χ0v) is 31.2. The molecule has 0 aromatic heterocycles. The molecule has 2 saturated heterocycles. The molecule has 2 fully saturated rings.